The Kier molecular flexibility index (Phi) is 4.82. The molecule has 112 valence electrons. The molecule has 0 fully saturated rings. The second-order valence-corrected chi connectivity index (χ2v) is 4.37. The molecule has 0 amide bonds. The van der Waals surface area contributed by atoms with Crippen LogP contribution in [0.25, 0.3) is 0 Å². The molecule has 8 heteroatoms. The molecule has 1 heterocycles. The van der Waals surface area contributed by atoms with Crippen molar-refractivity contribution in [3.8, 4) is 11.8 Å². The van der Waals surface area contributed by atoms with E-state index in [-0.39, 0.29) is 18.1 Å². The third-order valence-corrected chi connectivity index (χ3v) is 2.77. The highest BCUT2D eigenvalue weighted by Crippen LogP contribution is 2.12. The molecule has 0 saturated carbocycles. The third kappa shape index (κ3) is 3.89. The number of nitriles is 1. The molecule has 0 radical (unpaired) electrons. The zero-order valence-corrected chi connectivity index (χ0v) is 12.1. The number of hydrazone groups is 1. The van der Waals surface area contributed by atoms with Crippen LogP contribution < -0.4 is 15.7 Å². The molecule has 0 bridgehead atoms. The lowest BCUT2D eigenvalue weighted by atomic mass is 10.1. The summed E-state index contributed by atoms with van der Waals surface area (Å²) in [6, 6.07) is 9.03. The van der Waals surface area contributed by atoms with Gasteiger partial charge in [0, 0.05) is 0 Å². The van der Waals surface area contributed by atoms with Crippen LogP contribution in [0.1, 0.15) is 18.2 Å². The van der Waals surface area contributed by atoms with Crippen LogP contribution in [0.2, 0.25) is 0 Å². The highest BCUT2D eigenvalue weighted by molar-refractivity contribution is 5.99. The van der Waals surface area contributed by atoms with Gasteiger partial charge in [-0.2, -0.15) is 10.4 Å². The molecule has 2 rings (SSSR count). The fourth-order valence-corrected chi connectivity index (χ4v) is 1.55. The van der Waals surface area contributed by atoms with E-state index in [1.165, 1.54) is 0 Å². The van der Waals surface area contributed by atoms with Gasteiger partial charge in [-0.1, -0.05) is 0 Å². The lowest BCUT2D eigenvalue weighted by Gasteiger charge is -2.05. The lowest BCUT2D eigenvalue weighted by Crippen LogP contribution is -2.16. The lowest BCUT2D eigenvalue weighted by molar-refractivity contribution is 0.368. The first-order chi connectivity index (χ1) is 10.6. The molecular formula is C14H14N6O2. The summed E-state index contributed by atoms with van der Waals surface area (Å²) in [7, 11) is 0. The van der Waals surface area contributed by atoms with E-state index in [9.17, 15) is 4.79 Å². The average Bonchev–Trinajstić information content (AvgIpc) is 2.54. The van der Waals surface area contributed by atoms with Crippen LogP contribution in [-0.2, 0) is 0 Å². The predicted octanol–water partition coefficient (Wildman–Crippen LogP) is 1.21. The van der Waals surface area contributed by atoms with E-state index in [1.807, 2.05) is 18.2 Å². The summed E-state index contributed by atoms with van der Waals surface area (Å²) in [6.45, 7) is 3.38. The molecule has 0 aliphatic rings. The Labute approximate surface area is 126 Å². The minimum absolute atomic E-state index is 0.00737. The fourth-order valence-electron chi connectivity index (χ4n) is 1.55. The predicted molar refractivity (Wildman–Crippen MR) is 80.8 cm³/mol. The second kappa shape index (κ2) is 6.99. The number of benzene rings is 1. The van der Waals surface area contributed by atoms with Gasteiger partial charge in [-0.3, -0.25) is 9.78 Å². The first-order valence-corrected chi connectivity index (χ1v) is 6.44. The van der Waals surface area contributed by atoms with Crippen LogP contribution >= 0.6 is 0 Å². The maximum Gasteiger partial charge on any atom is 0.274 e. The molecule has 1 aromatic carbocycles. The smallest absolute Gasteiger partial charge is 0.274 e. The van der Waals surface area contributed by atoms with E-state index >= 15 is 0 Å². The number of aryl methyl sites for hydroxylation is 1. The molecule has 0 saturated heterocycles. The Hall–Kier alpha value is -3.21. The van der Waals surface area contributed by atoms with E-state index in [0.29, 0.717) is 17.2 Å². The number of aromatic amines is 1. The van der Waals surface area contributed by atoms with Crippen molar-refractivity contribution in [3.05, 3.63) is 45.9 Å². The van der Waals surface area contributed by atoms with E-state index in [1.54, 1.807) is 26.0 Å². The van der Waals surface area contributed by atoms with Crippen LogP contribution in [0.3, 0.4) is 0 Å². The first kappa shape index (κ1) is 15.2. The van der Waals surface area contributed by atoms with Crippen molar-refractivity contribution in [1.29, 1.82) is 5.26 Å². The molecule has 0 aliphatic carbocycles. The Balaban J connectivity index is 2.06. The number of nitrogens with one attached hydrogen (secondary N) is 2. The molecule has 2 aromatic rings. The van der Waals surface area contributed by atoms with Gasteiger partial charge in [0.05, 0.1) is 5.71 Å². The number of rotatable bonds is 5. The van der Waals surface area contributed by atoms with Crippen molar-refractivity contribution in [2.45, 2.75) is 13.8 Å². The standard InChI is InChI=1S/C14H14N6O2/c1-9(11-3-5-12(6-4-11)22-8-7-15)17-19-14-16-13(21)10(2)18-20-14/h3-6H,8H2,1-2H3,(H2,16,19,20,21)/b17-9-. The normalized spacial score (nSPS) is 10.9. The van der Waals surface area contributed by atoms with Crippen molar-refractivity contribution < 1.29 is 4.74 Å². The van der Waals surface area contributed by atoms with Crippen molar-refractivity contribution in [2.24, 2.45) is 5.10 Å². The van der Waals surface area contributed by atoms with Gasteiger partial charge in [-0.15, -0.1) is 10.2 Å². The maximum atomic E-state index is 11.4. The highest BCUT2D eigenvalue weighted by Gasteiger charge is 2.01. The van der Waals surface area contributed by atoms with E-state index < -0.39 is 0 Å². The topological polar surface area (TPSA) is 116 Å². The van der Waals surface area contributed by atoms with Gasteiger partial charge >= 0.3 is 0 Å². The van der Waals surface area contributed by atoms with E-state index in [4.69, 9.17) is 10.00 Å². The van der Waals surface area contributed by atoms with Gasteiger partial charge in [-0.05, 0) is 43.7 Å². The Morgan fingerprint density at radius 3 is 2.77 bits per heavy atom. The number of anilines is 1. The Morgan fingerprint density at radius 2 is 2.14 bits per heavy atom. The van der Waals surface area contributed by atoms with Crippen molar-refractivity contribution in [1.82, 2.24) is 15.2 Å². The molecule has 0 aliphatic heterocycles. The van der Waals surface area contributed by atoms with Gasteiger partial charge in [0.1, 0.15) is 17.5 Å². The summed E-state index contributed by atoms with van der Waals surface area (Å²) < 4.78 is 5.17. The van der Waals surface area contributed by atoms with Crippen molar-refractivity contribution in [3.63, 3.8) is 0 Å². The van der Waals surface area contributed by atoms with Crippen LogP contribution in [0.5, 0.6) is 5.75 Å². The number of nitrogens with zero attached hydrogens (tertiary/aromatic N) is 4. The summed E-state index contributed by atoms with van der Waals surface area (Å²) in [5.74, 6) is 0.781. The average molecular weight is 298 g/mol. The highest BCUT2D eigenvalue weighted by atomic mass is 16.5. The van der Waals surface area contributed by atoms with Crippen LogP contribution in [0, 0.1) is 18.3 Å². The van der Waals surface area contributed by atoms with Gasteiger partial charge < -0.3 is 4.74 Å². The van der Waals surface area contributed by atoms with Crippen molar-refractivity contribution >= 4 is 11.7 Å². The fraction of sp³-hybridized carbons (Fsp3) is 0.214. The summed E-state index contributed by atoms with van der Waals surface area (Å²) in [4.78, 5) is 13.9. The van der Waals surface area contributed by atoms with Crippen LogP contribution in [-0.4, -0.2) is 27.5 Å². The SMILES string of the molecule is C/C(=N/Nc1nnc(C)c(=O)[nH]1)c1ccc(OCC#N)cc1. The Bertz CT molecular complexity index is 773. The number of H-pyrrole nitrogens is 1. The number of hydrogen-bond donors (Lipinski definition) is 2. The molecular weight excluding hydrogens is 284 g/mol. The van der Waals surface area contributed by atoms with E-state index in [2.05, 4.69) is 25.7 Å². The minimum atomic E-state index is -0.315. The first-order valence-electron chi connectivity index (χ1n) is 6.44. The second-order valence-electron chi connectivity index (χ2n) is 4.37. The zero-order chi connectivity index (χ0) is 15.9. The molecule has 0 spiro atoms. The molecule has 0 atom stereocenters. The minimum Gasteiger partial charge on any atom is -0.479 e. The van der Waals surface area contributed by atoms with Gasteiger partial charge in [0.2, 0.25) is 5.95 Å². The molecule has 0 unspecified atom stereocenters. The monoisotopic (exact) mass is 298 g/mol. The molecule has 2 N–H and O–H groups in total. The Morgan fingerprint density at radius 1 is 1.41 bits per heavy atom. The zero-order valence-electron chi connectivity index (χ0n) is 12.1. The maximum absolute atomic E-state index is 11.4. The number of hydrogen-bond acceptors (Lipinski definition) is 7. The molecule has 22 heavy (non-hydrogen) atoms. The summed E-state index contributed by atoms with van der Waals surface area (Å²) in [5, 5.41) is 20.1. The van der Waals surface area contributed by atoms with Gasteiger partial charge in [-0.25, -0.2) is 5.43 Å². The summed E-state index contributed by atoms with van der Waals surface area (Å²) in [5.41, 5.74) is 4.17. The van der Waals surface area contributed by atoms with Gasteiger partial charge in [0.25, 0.3) is 5.56 Å². The van der Waals surface area contributed by atoms with Crippen molar-refractivity contribution in [2.75, 3.05) is 12.0 Å². The summed E-state index contributed by atoms with van der Waals surface area (Å²) >= 11 is 0. The number of ether oxygens (including phenoxy) is 1. The quantitative estimate of drug-likeness (QED) is 0.633. The van der Waals surface area contributed by atoms with E-state index in [0.717, 1.165) is 5.56 Å². The molecule has 1 aromatic heterocycles. The van der Waals surface area contributed by atoms with Crippen LogP contribution in [0.15, 0.2) is 34.2 Å². The van der Waals surface area contributed by atoms with Crippen LogP contribution in [0.4, 0.5) is 5.95 Å². The third-order valence-electron chi connectivity index (χ3n) is 2.77. The largest absolute Gasteiger partial charge is 0.479 e. The molecule has 8 nitrogen and oxygen atoms in total. The number of aromatic nitrogens is 3. The van der Waals surface area contributed by atoms with Gasteiger partial charge in [0.15, 0.2) is 6.61 Å². The summed E-state index contributed by atoms with van der Waals surface area (Å²) in [6.07, 6.45) is 0.